The maximum atomic E-state index is 12.8. The first-order valence-electron chi connectivity index (χ1n) is 11.2. The predicted molar refractivity (Wildman–Crippen MR) is 127 cm³/mol. The summed E-state index contributed by atoms with van der Waals surface area (Å²) >= 11 is 0. The lowest BCUT2D eigenvalue weighted by molar-refractivity contribution is -0.121. The summed E-state index contributed by atoms with van der Waals surface area (Å²) in [6.45, 7) is 2.25. The maximum Gasteiger partial charge on any atom is 0.286 e. The lowest BCUT2D eigenvalue weighted by Gasteiger charge is -2.29. The van der Waals surface area contributed by atoms with Crippen LogP contribution in [-0.2, 0) is 11.3 Å². The van der Waals surface area contributed by atoms with E-state index in [1.54, 1.807) is 48.5 Å². The number of hydrogen-bond donors (Lipinski definition) is 1. The van der Waals surface area contributed by atoms with Gasteiger partial charge in [-0.15, -0.1) is 0 Å². The Hall–Kier alpha value is -4.27. The van der Waals surface area contributed by atoms with Crippen LogP contribution in [-0.4, -0.2) is 44.5 Å². The van der Waals surface area contributed by atoms with Crippen LogP contribution in [0.15, 0.2) is 59.0 Å². The molecule has 0 saturated heterocycles. The van der Waals surface area contributed by atoms with Crippen LogP contribution in [0.5, 0.6) is 17.2 Å². The number of anilines is 1. The van der Waals surface area contributed by atoms with E-state index in [2.05, 4.69) is 5.32 Å². The molecule has 0 fully saturated rings. The van der Waals surface area contributed by atoms with Gasteiger partial charge in [-0.1, -0.05) is 19.1 Å². The molecule has 9 heteroatoms. The monoisotopic (exact) mass is 478 g/mol. The number of nitrogens with one attached hydrogen (secondary N) is 1. The molecule has 0 saturated carbocycles. The number of amides is 2. The summed E-state index contributed by atoms with van der Waals surface area (Å²) in [7, 11) is 1.53. The van der Waals surface area contributed by atoms with E-state index in [0.29, 0.717) is 40.8 Å². The Labute approximate surface area is 202 Å². The number of methoxy groups -OCH3 is 1. The maximum absolute atomic E-state index is 12.8. The van der Waals surface area contributed by atoms with Gasteiger partial charge >= 0.3 is 0 Å². The van der Waals surface area contributed by atoms with Gasteiger partial charge in [0.1, 0.15) is 11.5 Å². The highest BCUT2D eigenvalue weighted by molar-refractivity contribution is 6.02. The molecule has 4 rings (SSSR count). The Morgan fingerprint density at radius 1 is 1.09 bits per heavy atom. The van der Waals surface area contributed by atoms with Crippen molar-refractivity contribution in [3.05, 3.63) is 71.7 Å². The molecule has 2 heterocycles. The molecule has 0 aliphatic carbocycles. The zero-order chi connectivity index (χ0) is 24.8. The molecule has 1 aliphatic rings. The molecule has 1 aliphatic heterocycles. The number of ketones is 1. The summed E-state index contributed by atoms with van der Waals surface area (Å²) in [4.78, 5) is 39.1. The van der Waals surface area contributed by atoms with Gasteiger partial charge in [-0.05, 0) is 48.9 Å². The number of benzene rings is 2. The second-order valence-electron chi connectivity index (χ2n) is 7.84. The average molecular weight is 479 g/mol. The number of carbonyl (C=O) groups excluding carboxylic acids is 3. The fourth-order valence-electron chi connectivity index (χ4n) is 3.58. The van der Waals surface area contributed by atoms with Crippen LogP contribution < -0.4 is 24.4 Å². The summed E-state index contributed by atoms with van der Waals surface area (Å²) in [5.41, 5.74) is 0.804. The van der Waals surface area contributed by atoms with E-state index >= 15 is 0 Å². The first-order valence-corrected chi connectivity index (χ1v) is 11.2. The zero-order valence-electron chi connectivity index (χ0n) is 19.5. The summed E-state index contributed by atoms with van der Waals surface area (Å²) in [6, 6.07) is 15.2. The van der Waals surface area contributed by atoms with Gasteiger partial charge in [0.15, 0.2) is 36.3 Å². The lowest BCUT2D eigenvalue weighted by Crippen LogP contribution is -2.38. The van der Waals surface area contributed by atoms with Crippen LogP contribution in [0.2, 0.25) is 0 Å². The third-order valence-electron chi connectivity index (χ3n) is 5.39. The molecule has 35 heavy (non-hydrogen) atoms. The van der Waals surface area contributed by atoms with E-state index in [0.717, 1.165) is 6.42 Å². The van der Waals surface area contributed by atoms with Gasteiger partial charge in [0, 0.05) is 12.1 Å². The van der Waals surface area contributed by atoms with Crippen molar-refractivity contribution in [1.82, 2.24) is 5.32 Å². The summed E-state index contributed by atoms with van der Waals surface area (Å²) in [5, 5.41) is 2.75. The fraction of sp³-hybridized carbons (Fsp3) is 0.269. The van der Waals surface area contributed by atoms with Gasteiger partial charge in [0.25, 0.3) is 11.8 Å². The van der Waals surface area contributed by atoms with Crippen molar-refractivity contribution in [3.63, 3.8) is 0 Å². The summed E-state index contributed by atoms with van der Waals surface area (Å²) < 4.78 is 22.1. The molecule has 0 unspecified atom stereocenters. The number of ether oxygens (including phenoxy) is 3. The third-order valence-corrected chi connectivity index (χ3v) is 5.39. The second kappa shape index (κ2) is 10.8. The number of para-hydroxylation sites is 2. The SMILES string of the molecule is CCCNC(=O)c1ccc(CN2C(=O)COc3ccc(C(=O)COc4ccccc4OC)cc32)o1. The Bertz CT molecular complexity index is 1230. The quantitative estimate of drug-likeness (QED) is 0.444. The number of hydrogen-bond acceptors (Lipinski definition) is 7. The first kappa shape index (κ1) is 23.9. The number of rotatable bonds is 10. The minimum absolute atomic E-state index is 0.0889. The molecular weight excluding hydrogens is 452 g/mol. The molecule has 3 aromatic rings. The summed E-state index contributed by atoms with van der Waals surface area (Å²) in [5.74, 6) is 1.19. The average Bonchev–Trinajstić information content (AvgIpc) is 3.36. The van der Waals surface area contributed by atoms with Crippen LogP contribution in [0.25, 0.3) is 0 Å². The molecule has 0 bridgehead atoms. The van der Waals surface area contributed by atoms with Crippen molar-refractivity contribution >= 4 is 23.3 Å². The standard InChI is InChI=1S/C26H26N2O7/c1-3-12-27-26(31)24-11-9-18(35-24)14-28-19-13-17(8-10-21(19)34-16-25(28)30)20(29)15-33-23-7-5-4-6-22(23)32-2/h4-11,13H,3,12,14-16H2,1-2H3,(H,27,31). The predicted octanol–water partition coefficient (Wildman–Crippen LogP) is 3.62. The van der Waals surface area contributed by atoms with E-state index in [1.165, 1.54) is 12.0 Å². The largest absolute Gasteiger partial charge is 0.493 e. The van der Waals surface area contributed by atoms with Crippen molar-refractivity contribution in [1.29, 1.82) is 0 Å². The smallest absolute Gasteiger partial charge is 0.286 e. The van der Waals surface area contributed by atoms with E-state index in [9.17, 15) is 14.4 Å². The highest BCUT2D eigenvalue weighted by Crippen LogP contribution is 2.34. The Kier molecular flexibility index (Phi) is 7.35. The summed E-state index contributed by atoms with van der Waals surface area (Å²) in [6.07, 6.45) is 0.809. The minimum atomic E-state index is -0.310. The number of nitrogens with zero attached hydrogens (tertiary/aromatic N) is 1. The van der Waals surface area contributed by atoms with Crippen LogP contribution in [0.3, 0.4) is 0 Å². The third kappa shape index (κ3) is 5.46. The van der Waals surface area contributed by atoms with E-state index < -0.39 is 0 Å². The lowest BCUT2D eigenvalue weighted by atomic mass is 10.1. The van der Waals surface area contributed by atoms with Crippen molar-refractivity contribution in [2.24, 2.45) is 0 Å². The molecule has 9 nitrogen and oxygen atoms in total. The molecule has 2 amide bonds. The molecule has 1 aromatic heterocycles. The molecular formula is C26H26N2O7. The molecule has 0 spiro atoms. The zero-order valence-corrected chi connectivity index (χ0v) is 19.5. The molecule has 0 atom stereocenters. The molecule has 1 N–H and O–H groups in total. The van der Waals surface area contributed by atoms with Gasteiger partial charge in [-0.3, -0.25) is 19.3 Å². The minimum Gasteiger partial charge on any atom is -0.493 e. The van der Waals surface area contributed by atoms with Crippen LogP contribution >= 0.6 is 0 Å². The highest BCUT2D eigenvalue weighted by Gasteiger charge is 2.28. The highest BCUT2D eigenvalue weighted by atomic mass is 16.5. The van der Waals surface area contributed by atoms with Crippen molar-refractivity contribution in [2.45, 2.75) is 19.9 Å². The number of fused-ring (bicyclic) bond motifs is 1. The van der Waals surface area contributed by atoms with Gasteiger partial charge in [0.05, 0.1) is 19.3 Å². The van der Waals surface area contributed by atoms with Gasteiger partial charge in [-0.25, -0.2) is 0 Å². The van der Waals surface area contributed by atoms with Gasteiger partial charge in [0.2, 0.25) is 0 Å². The topological polar surface area (TPSA) is 107 Å². The Balaban J connectivity index is 1.50. The molecule has 0 radical (unpaired) electrons. The van der Waals surface area contributed by atoms with Crippen LogP contribution in [0.1, 0.15) is 40.0 Å². The van der Waals surface area contributed by atoms with Gasteiger partial charge < -0.3 is 23.9 Å². The fourth-order valence-corrected chi connectivity index (χ4v) is 3.58. The Morgan fingerprint density at radius 3 is 2.66 bits per heavy atom. The Morgan fingerprint density at radius 2 is 1.89 bits per heavy atom. The first-order chi connectivity index (χ1) is 17.0. The van der Waals surface area contributed by atoms with E-state index in [1.807, 2.05) is 13.0 Å². The van der Waals surface area contributed by atoms with Crippen molar-refractivity contribution < 1.29 is 33.0 Å². The number of carbonyl (C=O) groups is 3. The molecule has 182 valence electrons. The second-order valence-corrected chi connectivity index (χ2v) is 7.84. The van der Waals surface area contributed by atoms with Crippen LogP contribution in [0.4, 0.5) is 5.69 Å². The normalized spacial score (nSPS) is 12.5. The van der Waals surface area contributed by atoms with Crippen molar-refractivity contribution in [3.8, 4) is 17.2 Å². The number of Topliss-reactive ketones (excluding diaryl/α,β-unsaturated/α-hetero) is 1. The van der Waals surface area contributed by atoms with Gasteiger partial charge in [-0.2, -0.15) is 0 Å². The van der Waals surface area contributed by atoms with Crippen LogP contribution in [0, 0.1) is 0 Å². The van der Waals surface area contributed by atoms with E-state index in [-0.39, 0.29) is 43.1 Å². The molecule has 2 aromatic carbocycles. The van der Waals surface area contributed by atoms with E-state index in [4.69, 9.17) is 18.6 Å². The number of furan rings is 1. The van der Waals surface area contributed by atoms with Crippen molar-refractivity contribution in [2.75, 3.05) is 31.8 Å².